The normalized spacial score (nSPS) is 11.7. The van der Waals surface area contributed by atoms with E-state index in [1.807, 2.05) is 12.4 Å². The molecule has 0 N–H and O–H groups in total. The fourth-order valence-electron chi connectivity index (χ4n) is 2.92. The molecule has 0 saturated heterocycles. The molecule has 0 amide bonds. The van der Waals surface area contributed by atoms with Crippen LogP contribution in [-0.2, 0) is 0 Å². The van der Waals surface area contributed by atoms with Gasteiger partial charge in [0, 0.05) is 0 Å². The van der Waals surface area contributed by atoms with Gasteiger partial charge < -0.3 is 0 Å². The average molecular weight is 370 g/mol. The third-order valence-corrected chi connectivity index (χ3v) is 19.1. The molecule has 108 valence electrons. The fourth-order valence-corrected chi connectivity index (χ4v) is 18.1. The Hall–Kier alpha value is -0.121. The Morgan fingerprint density at radius 3 is 1.58 bits per heavy atom. The van der Waals surface area contributed by atoms with Crippen molar-refractivity contribution in [1.82, 2.24) is 4.98 Å². The van der Waals surface area contributed by atoms with Crippen LogP contribution < -0.4 is 2.79 Å². The topological polar surface area (TPSA) is 16.8 Å². The first-order valence-electron chi connectivity index (χ1n) is 8.11. The van der Waals surface area contributed by atoms with Gasteiger partial charge in [0.2, 0.25) is 0 Å². The Morgan fingerprint density at radius 1 is 0.789 bits per heavy atom. The third kappa shape index (κ3) is 5.41. The SMILES string of the molecule is CCC[CH2][Sn]([CH2]CCC)([CH2]CCC)[n+]1ccncc1. The molecule has 0 saturated carbocycles. The van der Waals surface area contributed by atoms with Gasteiger partial charge in [-0.3, -0.25) is 0 Å². The van der Waals surface area contributed by atoms with Crippen molar-refractivity contribution in [3.05, 3.63) is 24.8 Å². The molecule has 0 unspecified atom stereocenters. The van der Waals surface area contributed by atoms with E-state index in [0.717, 1.165) is 0 Å². The van der Waals surface area contributed by atoms with E-state index in [0.29, 0.717) is 0 Å². The number of rotatable bonds is 10. The van der Waals surface area contributed by atoms with Gasteiger partial charge in [0.05, 0.1) is 0 Å². The van der Waals surface area contributed by atoms with E-state index in [2.05, 4.69) is 40.9 Å². The number of hydrogen-bond donors (Lipinski definition) is 0. The average Bonchev–Trinajstić information content (AvgIpc) is 2.48. The van der Waals surface area contributed by atoms with Crippen LogP contribution in [0.3, 0.4) is 0 Å². The molecule has 1 aromatic rings. The van der Waals surface area contributed by atoms with Crippen LogP contribution in [0.4, 0.5) is 0 Å². The molecule has 0 spiro atoms. The van der Waals surface area contributed by atoms with Gasteiger partial charge in [-0.15, -0.1) is 0 Å². The summed E-state index contributed by atoms with van der Waals surface area (Å²) in [6.45, 7) is 6.98. The van der Waals surface area contributed by atoms with Crippen LogP contribution in [0.15, 0.2) is 24.8 Å². The fraction of sp³-hybridized carbons (Fsp3) is 0.750. The first-order valence-corrected chi connectivity index (χ1v) is 15.4. The molecule has 0 aliphatic heterocycles. The molecule has 0 atom stereocenters. The van der Waals surface area contributed by atoms with Crippen LogP contribution >= 0.6 is 0 Å². The molecule has 0 aliphatic rings. The zero-order valence-electron chi connectivity index (χ0n) is 13.1. The van der Waals surface area contributed by atoms with E-state index in [-0.39, 0.29) is 0 Å². The molecular formula is C16H31N2Sn+. The minimum absolute atomic E-state index is 1.34. The summed E-state index contributed by atoms with van der Waals surface area (Å²) in [7, 11) is 0. The summed E-state index contributed by atoms with van der Waals surface area (Å²) >= 11 is -2.22. The van der Waals surface area contributed by atoms with Crippen LogP contribution in [0, 0.1) is 0 Å². The quantitative estimate of drug-likeness (QED) is 0.552. The summed E-state index contributed by atoms with van der Waals surface area (Å²) in [4.78, 5) is 4.21. The van der Waals surface area contributed by atoms with E-state index < -0.39 is 18.7 Å². The van der Waals surface area contributed by atoms with Crippen molar-refractivity contribution >= 4 is 18.7 Å². The maximum absolute atomic E-state index is 4.21. The van der Waals surface area contributed by atoms with Gasteiger partial charge in [-0.05, 0) is 0 Å². The number of nitrogens with zero attached hydrogens (tertiary/aromatic N) is 2. The van der Waals surface area contributed by atoms with Crippen molar-refractivity contribution < 1.29 is 2.79 Å². The van der Waals surface area contributed by atoms with Gasteiger partial charge >= 0.3 is 124 Å². The van der Waals surface area contributed by atoms with E-state index in [9.17, 15) is 0 Å². The molecule has 0 radical (unpaired) electrons. The first kappa shape index (κ1) is 16.9. The Morgan fingerprint density at radius 2 is 1.21 bits per heavy atom. The molecule has 0 aromatic carbocycles. The van der Waals surface area contributed by atoms with Crippen molar-refractivity contribution in [2.24, 2.45) is 0 Å². The van der Waals surface area contributed by atoms with Crippen LogP contribution in [0.5, 0.6) is 0 Å². The van der Waals surface area contributed by atoms with Gasteiger partial charge in [0.15, 0.2) is 0 Å². The van der Waals surface area contributed by atoms with Crippen LogP contribution in [-0.4, -0.2) is 23.6 Å². The van der Waals surface area contributed by atoms with Gasteiger partial charge in [0.1, 0.15) is 0 Å². The Labute approximate surface area is 123 Å². The molecular weight excluding hydrogens is 339 g/mol. The zero-order chi connectivity index (χ0) is 14.0. The maximum atomic E-state index is 4.21. The van der Waals surface area contributed by atoms with Gasteiger partial charge in [0.25, 0.3) is 0 Å². The predicted octanol–water partition coefficient (Wildman–Crippen LogP) is 4.56. The second-order valence-corrected chi connectivity index (χ2v) is 18.4. The molecule has 3 heteroatoms. The number of unbranched alkanes of at least 4 members (excludes halogenated alkanes) is 3. The third-order valence-electron chi connectivity index (χ3n) is 4.16. The zero-order valence-corrected chi connectivity index (χ0v) is 15.9. The summed E-state index contributed by atoms with van der Waals surface area (Å²) in [5.74, 6) is 0. The Bertz CT molecular complexity index is 305. The molecule has 1 heterocycles. The van der Waals surface area contributed by atoms with Crippen molar-refractivity contribution in [3.8, 4) is 0 Å². The van der Waals surface area contributed by atoms with E-state index in [1.165, 1.54) is 51.8 Å². The monoisotopic (exact) mass is 371 g/mol. The van der Waals surface area contributed by atoms with Gasteiger partial charge in [-0.2, -0.15) is 0 Å². The number of aromatic nitrogens is 2. The molecule has 0 bridgehead atoms. The Kier molecular flexibility index (Phi) is 8.67. The molecule has 0 fully saturated rings. The van der Waals surface area contributed by atoms with E-state index in [1.54, 1.807) is 0 Å². The summed E-state index contributed by atoms with van der Waals surface area (Å²) in [5.41, 5.74) is 0. The molecule has 1 aromatic heterocycles. The van der Waals surface area contributed by atoms with Gasteiger partial charge in [-0.1, -0.05) is 0 Å². The van der Waals surface area contributed by atoms with E-state index in [4.69, 9.17) is 0 Å². The van der Waals surface area contributed by atoms with Crippen molar-refractivity contribution in [2.75, 3.05) is 0 Å². The summed E-state index contributed by atoms with van der Waals surface area (Å²) < 4.78 is 7.20. The van der Waals surface area contributed by atoms with Crippen molar-refractivity contribution in [3.63, 3.8) is 0 Å². The number of hydrogen-bond acceptors (Lipinski definition) is 1. The molecule has 2 nitrogen and oxygen atoms in total. The van der Waals surface area contributed by atoms with Gasteiger partial charge in [-0.25, -0.2) is 0 Å². The van der Waals surface area contributed by atoms with Crippen molar-refractivity contribution in [1.29, 1.82) is 0 Å². The Balaban J connectivity index is 2.94. The predicted molar refractivity (Wildman–Crippen MR) is 84.7 cm³/mol. The standard InChI is InChI=1S/C4H4N2.3C4H9.Sn/c1-2-6-4-3-5-1;3*1-3-4-2;/h1-4H;3*1,3-4H2,2H3;/q;;;;+1. The first-order chi connectivity index (χ1) is 9.29. The van der Waals surface area contributed by atoms with E-state index >= 15 is 0 Å². The second-order valence-electron chi connectivity index (χ2n) is 5.69. The molecule has 1 rings (SSSR count). The summed E-state index contributed by atoms with van der Waals surface area (Å²) in [6.07, 6.45) is 16.7. The van der Waals surface area contributed by atoms with Crippen molar-refractivity contribution in [2.45, 2.75) is 72.6 Å². The van der Waals surface area contributed by atoms with Crippen LogP contribution in [0.2, 0.25) is 13.3 Å². The molecule has 0 aliphatic carbocycles. The second kappa shape index (κ2) is 9.73. The summed E-state index contributed by atoms with van der Waals surface area (Å²) in [5, 5.41) is 0. The van der Waals surface area contributed by atoms with Crippen LogP contribution in [0.25, 0.3) is 0 Å². The minimum atomic E-state index is -2.22. The summed E-state index contributed by atoms with van der Waals surface area (Å²) in [6, 6.07) is 0. The van der Waals surface area contributed by atoms with Crippen LogP contribution in [0.1, 0.15) is 59.3 Å². The molecule has 19 heavy (non-hydrogen) atoms.